The predicted molar refractivity (Wildman–Crippen MR) is 128 cm³/mol. The lowest BCUT2D eigenvalue weighted by Gasteiger charge is -2.21. The second-order valence-corrected chi connectivity index (χ2v) is 10.8. The Balaban J connectivity index is 1.86. The largest absolute Gasteiger partial charge is 0.279 e. The summed E-state index contributed by atoms with van der Waals surface area (Å²) in [5.41, 5.74) is 1.92. The van der Waals surface area contributed by atoms with E-state index in [4.69, 9.17) is 4.98 Å². The van der Waals surface area contributed by atoms with E-state index in [1.54, 1.807) is 34.9 Å². The fraction of sp³-hybridized carbons (Fsp3) is 0.130. The maximum Gasteiger partial charge on any atom is 0.261 e. The molecule has 0 spiro atoms. The van der Waals surface area contributed by atoms with Gasteiger partial charge in [-0.25, -0.2) is 13.4 Å². The molecule has 158 valence electrons. The quantitative estimate of drug-likeness (QED) is 0.361. The number of thiazole rings is 1. The van der Waals surface area contributed by atoms with Gasteiger partial charge in [0.2, 0.25) is 0 Å². The van der Waals surface area contributed by atoms with E-state index in [-0.39, 0.29) is 17.0 Å². The van der Waals surface area contributed by atoms with Gasteiger partial charge < -0.3 is 0 Å². The van der Waals surface area contributed by atoms with Crippen LogP contribution < -0.4 is 4.90 Å². The molecule has 1 aromatic heterocycles. The van der Waals surface area contributed by atoms with Crippen LogP contribution in [0.5, 0.6) is 0 Å². The maximum atomic E-state index is 13.7. The van der Waals surface area contributed by atoms with Gasteiger partial charge in [-0.2, -0.15) is 0 Å². The van der Waals surface area contributed by atoms with Crippen molar-refractivity contribution >= 4 is 54.2 Å². The van der Waals surface area contributed by atoms with Crippen molar-refractivity contribution in [3.63, 3.8) is 0 Å². The van der Waals surface area contributed by atoms with Crippen LogP contribution in [0.2, 0.25) is 0 Å². The van der Waals surface area contributed by atoms with Crippen LogP contribution in [0.4, 0.5) is 5.13 Å². The number of benzene rings is 3. The number of thioether (sulfide) groups is 1. The Morgan fingerprint density at radius 1 is 1.00 bits per heavy atom. The third-order valence-electron chi connectivity index (χ3n) is 4.77. The van der Waals surface area contributed by atoms with Gasteiger partial charge in [0, 0.05) is 11.2 Å². The van der Waals surface area contributed by atoms with E-state index < -0.39 is 15.7 Å². The Bertz CT molecular complexity index is 1350. The van der Waals surface area contributed by atoms with Gasteiger partial charge in [0.1, 0.15) is 0 Å². The highest BCUT2D eigenvalue weighted by Gasteiger charge is 2.26. The lowest BCUT2D eigenvalue weighted by molar-refractivity contribution is 0.0982. The molecule has 0 radical (unpaired) electrons. The number of rotatable bonds is 6. The zero-order valence-electron chi connectivity index (χ0n) is 17.0. The van der Waals surface area contributed by atoms with Gasteiger partial charge in [0.15, 0.2) is 15.0 Å². The van der Waals surface area contributed by atoms with Crippen molar-refractivity contribution in [1.29, 1.82) is 0 Å². The van der Waals surface area contributed by atoms with Crippen LogP contribution in [0.3, 0.4) is 0 Å². The number of amides is 1. The number of aromatic nitrogens is 1. The molecule has 8 heteroatoms. The van der Waals surface area contributed by atoms with Gasteiger partial charge >= 0.3 is 0 Å². The monoisotopic (exact) mass is 468 g/mol. The van der Waals surface area contributed by atoms with Crippen molar-refractivity contribution in [3.05, 3.63) is 83.9 Å². The first-order chi connectivity index (χ1) is 14.9. The van der Waals surface area contributed by atoms with Crippen molar-refractivity contribution in [1.82, 2.24) is 4.98 Å². The lowest BCUT2D eigenvalue weighted by Crippen LogP contribution is -2.31. The number of carbonyl (C=O) groups excluding carboxylic acids is 1. The first-order valence-corrected chi connectivity index (χ1v) is 13.4. The SMILES string of the molecule is CSc1cccc2sc(N(Cc3ccccc3)C(=O)c3ccccc3S(C)(=O)=O)nc12. The molecular weight excluding hydrogens is 448 g/mol. The third kappa shape index (κ3) is 4.51. The van der Waals surface area contributed by atoms with Gasteiger partial charge in [-0.1, -0.05) is 59.9 Å². The summed E-state index contributed by atoms with van der Waals surface area (Å²) in [6, 6.07) is 21.9. The molecule has 3 aromatic carbocycles. The fourth-order valence-electron chi connectivity index (χ4n) is 3.30. The average molecular weight is 469 g/mol. The number of anilines is 1. The van der Waals surface area contributed by atoms with Gasteiger partial charge in [-0.05, 0) is 36.1 Å². The van der Waals surface area contributed by atoms with Gasteiger partial charge in [0.25, 0.3) is 5.91 Å². The third-order valence-corrected chi connectivity index (χ3v) is 7.73. The molecule has 0 N–H and O–H groups in total. The molecule has 0 fully saturated rings. The molecule has 5 nitrogen and oxygen atoms in total. The minimum absolute atomic E-state index is 0.0176. The summed E-state index contributed by atoms with van der Waals surface area (Å²) in [5.74, 6) is -0.394. The number of para-hydroxylation sites is 1. The molecule has 0 saturated carbocycles. The van der Waals surface area contributed by atoms with Crippen LogP contribution in [0.1, 0.15) is 15.9 Å². The van der Waals surface area contributed by atoms with Crippen LogP contribution in [0.25, 0.3) is 10.2 Å². The Labute approximate surface area is 189 Å². The van der Waals surface area contributed by atoms with Crippen LogP contribution in [0, 0.1) is 0 Å². The second kappa shape index (κ2) is 8.82. The average Bonchev–Trinajstić information content (AvgIpc) is 3.21. The molecule has 1 heterocycles. The summed E-state index contributed by atoms with van der Waals surface area (Å²) in [4.78, 5) is 21.1. The summed E-state index contributed by atoms with van der Waals surface area (Å²) in [6.07, 6.45) is 3.10. The Morgan fingerprint density at radius 3 is 2.42 bits per heavy atom. The molecule has 0 atom stereocenters. The molecule has 0 saturated heterocycles. The summed E-state index contributed by atoms with van der Waals surface area (Å²) < 4.78 is 25.6. The van der Waals surface area contributed by atoms with E-state index in [0.717, 1.165) is 26.9 Å². The Morgan fingerprint density at radius 2 is 1.71 bits per heavy atom. The van der Waals surface area contributed by atoms with Gasteiger partial charge in [0.05, 0.1) is 27.2 Å². The van der Waals surface area contributed by atoms with E-state index in [1.165, 1.54) is 17.4 Å². The Hall–Kier alpha value is -2.68. The highest BCUT2D eigenvalue weighted by Crippen LogP contribution is 2.35. The maximum absolute atomic E-state index is 13.7. The van der Waals surface area contributed by atoms with Crippen molar-refractivity contribution in [2.75, 3.05) is 17.4 Å². The van der Waals surface area contributed by atoms with Crippen molar-refractivity contribution in [3.8, 4) is 0 Å². The van der Waals surface area contributed by atoms with Crippen molar-refractivity contribution < 1.29 is 13.2 Å². The van der Waals surface area contributed by atoms with E-state index in [1.807, 2.05) is 54.8 Å². The molecular formula is C23H20N2O3S3. The van der Waals surface area contributed by atoms with Crippen molar-refractivity contribution in [2.45, 2.75) is 16.3 Å². The summed E-state index contributed by atoms with van der Waals surface area (Å²) in [6.45, 7) is 0.284. The number of carbonyl (C=O) groups is 1. The predicted octanol–water partition coefficient (Wildman–Crippen LogP) is 5.27. The number of sulfone groups is 1. The lowest BCUT2D eigenvalue weighted by atomic mass is 10.1. The van der Waals surface area contributed by atoms with E-state index >= 15 is 0 Å². The number of nitrogens with zero attached hydrogens (tertiary/aromatic N) is 2. The van der Waals surface area contributed by atoms with Crippen LogP contribution >= 0.6 is 23.1 Å². The molecule has 4 rings (SSSR count). The molecule has 4 aromatic rings. The second-order valence-electron chi connectivity index (χ2n) is 6.95. The fourth-order valence-corrected chi connectivity index (χ4v) is 5.80. The molecule has 0 aliphatic carbocycles. The normalized spacial score (nSPS) is 11.5. The number of fused-ring (bicyclic) bond motifs is 1. The van der Waals surface area contributed by atoms with E-state index in [0.29, 0.717) is 5.13 Å². The summed E-state index contributed by atoms with van der Waals surface area (Å²) >= 11 is 3.02. The summed E-state index contributed by atoms with van der Waals surface area (Å²) in [5, 5.41) is 0.536. The van der Waals surface area contributed by atoms with Crippen LogP contribution in [-0.4, -0.2) is 31.8 Å². The first-order valence-electron chi connectivity index (χ1n) is 9.47. The first kappa shape index (κ1) is 21.5. The van der Waals surface area contributed by atoms with E-state index in [2.05, 4.69) is 0 Å². The molecule has 0 aliphatic heterocycles. The minimum atomic E-state index is -3.57. The highest BCUT2D eigenvalue weighted by atomic mass is 32.2. The highest BCUT2D eigenvalue weighted by molar-refractivity contribution is 7.98. The van der Waals surface area contributed by atoms with Crippen LogP contribution in [-0.2, 0) is 16.4 Å². The summed E-state index contributed by atoms with van der Waals surface area (Å²) in [7, 11) is -3.57. The molecule has 31 heavy (non-hydrogen) atoms. The van der Waals surface area contributed by atoms with E-state index in [9.17, 15) is 13.2 Å². The van der Waals surface area contributed by atoms with Gasteiger partial charge in [-0.15, -0.1) is 11.8 Å². The zero-order chi connectivity index (χ0) is 22.0. The molecule has 0 bridgehead atoms. The Kier molecular flexibility index (Phi) is 6.13. The minimum Gasteiger partial charge on any atom is -0.279 e. The molecule has 0 unspecified atom stereocenters. The number of hydrogen-bond acceptors (Lipinski definition) is 6. The zero-order valence-corrected chi connectivity index (χ0v) is 19.4. The van der Waals surface area contributed by atoms with Gasteiger partial charge in [-0.3, -0.25) is 9.69 Å². The topological polar surface area (TPSA) is 67.3 Å². The molecule has 1 amide bonds. The van der Waals surface area contributed by atoms with Crippen LogP contribution in [0.15, 0.2) is 82.6 Å². The van der Waals surface area contributed by atoms with Crippen molar-refractivity contribution in [2.24, 2.45) is 0 Å². The molecule has 0 aliphatic rings. The number of hydrogen-bond donors (Lipinski definition) is 0. The smallest absolute Gasteiger partial charge is 0.261 e. The standard InChI is InChI=1S/C23H20N2O3S3/c1-29-18-12-8-13-19-21(18)24-23(30-19)25(15-16-9-4-3-5-10-16)22(26)17-11-6-7-14-20(17)31(2,27)28/h3-14H,15H2,1-2H3.